The van der Waals surface area contributed by atoms with Crippen LogP contribution >= 0.6 is 15.9 Å². The molecule has 0 saturated heterocycles. The number of hydrogen-bond acceptors (Lipinski definition) is 3. The lowest BCUT2D eigenvalue weighted by Crippen LogP contribution is -2.46. The summed E-state index contributed by atoms with van der Waals surface area (Å²) in [6.45, 7) is 2.13. The highest BCUT2D eigenvalue weighted by Crippen LogP contribution is 2.32. The minimum absolute atomic E-state index is 0.0557. The second-order valence-electron chi connectivity index (χ2n) is 5.35. The van der Waals surface area contributed by atoms with Crippen LogP contribution in [0.15, 0.2) is 33.6 Å². The summed E-state index contributed by atoms with van der Waals surface area (Å²) in [5, 5.41) is 2.85. The van der Waals surface area contributed by atoms with Crippen LogP contribution in [0.3, 0.4) is 0 Å². The van der Waals surface area contributed by atoms with Gasteiger partial charge in [-0.3, -0.25) is 0 Å². The van der Waals surface area contributed by atoms with E-state index in [1.807, 2.05) is 13.1 Å². The molecule has 1 aliphatic carbocycles. The molecule has 5 heteroatoms. The molecule has 0 heterocycles. The molecular weight excluding hydrogens is 326 g/mol. The first-order valence-corrected chi connectivity index (χ1v) is 8.96. The van der Waals surface area contributed by atoms with E-state index in [1.54, 1.807) is 18.2 Å². The van der Waals surface area contributed by atoms with Crippen LogP contribution < -0.4 is 5.32 Å². The summed E-state index contributed by atoms with van der Waals surface area (Å²) >= 11 is 3.34. The molecule has 3 nitrogen and oxygen atoms in total. The van der Waals surface area contributed by atoms with Crippen LogP contribution in [0.5, 0.6) is 0 Å². The summed E-state index contributed by atoms with van der Waals surface area (Å²) in [7, 11) is -1.42. The SMILES string of the molecule is CNC1CCC(C)CC1S(=O)(=O)c1cccc(Br)c1. The Balaban J connectivity index is 2.36. The minimum atomic E-state index is -3.27. The fourth-order valence-corrected chi connectivity index (χ4v) is 5.57. The van der Waals surface area contributed by atoms with Crippen LogP contribution in [-0.4, -0.2) is 26.8 Å². The number of rotatable bonds is 3. The van der Waals surface area contributed by atoms with Gasteiger partial charge in [0.25, 0.3) is 0 Å². The molecule has 0 bridgehead atoms. The van der Waals surface area contributed by atoms with Crippen LogP contribution in [0.2, 0.25) is 0 Å². The van der Waals surface area contributed by atoms with Crippen LogP contribution in [-0.2, 0) is 9.84 Å². The van der Waals surface area contributed by atoms with Gasteiger partial charge in [-0.2, -0.15) is 0 Å². The van der Waals surface area contributed by atoms with Gasteiger partial charge in [-0.25, -0.2) is 8.42 Å². The molecule has 0 aromatic heterocycles. The number of hydrogen-bond donors (Lipinski definition) is 1. The molecule has 0 spiro atoms. The molecule has 1 aliphatic rings. The van der Waals surface area contributed by atoms with Gasteiger partial charge >= 0.3 is 0 Å². The molecular formula is C14H20BrNO2S. The van der Waals surface area contributed by atoms with Crippen molar-refractivity contribution >= 4 is 25.8 Å². The first-order chi connectivity index (χ1) is 8.95. The van der Waals surface area contributed by atoms with Gasteiger partial charge in [0.2, 0.25) is 0 Å². The van der Waals surface area contributed by atoms with Gasteiger partial charge in [-0.05, 0) is 50.4 Å². The average molecular weight is 346 g/mol. The van der Waals surface area contributed by atoms with Gasteiger partial charge in [0.15, 0.2) is 9.84 Å². The van der Waals surface area contributed by atoms with Gasteiger partial charge in [0.05, 0.1) is 10.1 Å². The maximum absolute atomic E-state index is 12.8. The largest absolute Gasteiger partial charge is 0.316 e. The smallest absolute Gasteiger partial charge is 0.182 e. The Labute approximate surface area is 123 Å². The highest BCUT2D eigenvalue weighted by Gasteiger charge is 2.38. The summed E-state index contributed by atoms with van der Waals surface area (Å²) < 4.78 is 26.4. The molecule has 0 amide bonds. The Hall–Kier alpha value is -0.390. The summed E-state index contributed by atoms with van der Waals surface area (Å²) in [5.74, 6) is 0.469. The molecule has 1 aromatic carbocycles. The lowest BCUT2D eigenvalue weighted by molar-refractivity contribution is 0.319. The molecule has 3 unspecified atom stereocenters. The van der Waals surface area contributed by atoms with E-state index in [2.05, 4.69) is 28.2 Å². The molecule has 106 valence electrons. The van der Waals surface area contributed by atoms with E-state index < -0.39 is 9.84 Å². The third-order valence-corrected chi connectivity index (χ3v) is 6.67. The van der Waals surface area contributed by atoms with Crippen LogP contribution in [0.4, 0.5) is 0 Å². The van der Waals surface area contributed by atoms with Crippen LogP contribution in [0, 0.1) is 5.92 Å². The van der Waals surface area contributed by atoms with Crippen molar-refractivity contribution < 1.29 is 8.42 Å². The van der Waals surface area contributed by atoms with Crippen molar-refractivity contribution in [2.24, 2.45) is 5.92 Å². The Morgan fingerprint density at radius 2 is 2.05 bits per heavy atom. The van der Waals surface area contributed by atoms with Crippen molar-refractivity contribution in [2.75, 3.05) is 7.05 Å². The number of nitrogens with one attached hydrogen (secondary N) is 1. The highest BCUT2D eigenvalue weighted by atomic mass is 79.9. The summed E-state index contributed by atoms with van der Waals surface area (Å²) in [6, 6.07) is 7.06. The molecule has 0 aliphatic heterocycles. The van der Waals surface area contributed by atoms with Gasteiger partial charge in [0.1, 0.15) is 0 Å². The van der Waals surface area contributed by atoms with Gasteiger partial charge in [-0.15, -0.1) is 0 Å². The molecule has 1 aromatic rings. The zero-order chi connectivity index (χ0) is 14.0. The topological polar surface area (TPSA) is 46.2 Å². The molecule has 19 heavy (non-hydrogen) atoms. The lowest BCUT2D eigenvalue weighted by Gasteiger charge is -2.34. The Morgan fingerprint density at radius 1 is 1.32 bits per heavy atom. The maximum atomic E-state index is 12.8. The van der Waals surface area contributed by atoms with Gasteiger partial charge < -0.3 is 5.32 Å². The van der Waals surface area contributed by atoms with Crippen molar-refractivity contribution in [2.45, 2.75) is 42.4 Å². The minimum Gasteiger partial charge on any atom is -0.316 e. The normalized spacial score (nSPS) is 28.3. The molecule has 1 fully saturated rings. The standard InChI is InChI=1S/C14H20BrNO2S/c1-10-6-7-13(16-2)14(8-10)19(17,18)12-5-3-4-11(15)9-12/h3-5,9-10,13-14,16H,6-8H2,1-2H3. The Bertz CT molecular complexity index is 544. The fraction of sp³-hybridized carbons (Fsp3) is 0.571. The van der Waals surface area contributed by atoms with E-state index >= 15 is 0 Å². The predicted molar refractivity (Wildman–Crippen MR) is 81.0 cm³/mol. The van der Waals surface area contributed by atoms with E-state index in [-0.39, 0.29) is 11.3 Å². The zero-order valence-electron chi connectivity index (χ0n) is 11.3. The molecule has 2 rings (SSSR count). The number of halogens is 1. The summed E-state index contributed by atoms with van der Waals surface area (Å²) in [6.07, 6.45) is 2.76. The van der Waals surface area contributed by atoms with Crippen molar-refractivity contribution in [3.05, 3.63) is 28.7 Å². The van der Waals surface area contributed by atoms with E-state index in [0.29, 0.717) is 10.8 Å². The number of benzene rings is 1. The molecule has 3 atom stereocenters. The third-order valence-electron chi connectivity index (χ3n) is 3.95. The van der Waals surface area contributed by atoms with Crippen LogP contribution in [0.1, 0.15) is 26.2 Å². The van der Waals surface area contributed by atoms with Crippen molar-refractivity contribution in [3.63, 3.8) is 0 Å². The van der Waals surface area contributed by atoms with E-state index in [4.69, 9.17) is 0 Å². The molecule has 0 radical (unpaired) electrons. The summed E-state index contributed by atoms with van der Waals surface area (Å²) in [4.78, 5) is 0.418. The van der Waals surface area contributed by atoms with E-state index in [9.17, 15) is 8.42 Å². The molecule has 1 N–H and O–H groups in total. The average Bonchev–Trinajstić information content (AvgIpc) is 2.38. The summed E-state index contributed by atoms with van der Waals surface area (Å²) in [5.41, 5.74) is 0. The number of sulfone groups is 1. The van der Waals surface area contributed by atoms with Crippen molar-refractivity contribution in [3.8, 4) is 0 Å². The fourth-order valence-electron chi connectivity index (χ4n) is 2.82. The zero-order valence-corrected chi connectivity index (χ0v) is 13.7. The van der Waals surface area contributed by atoms with Crippen molar-refractivity contribution in [1.82, 2.24) is 5.32 Å². The first-order valence-electron chi connectivity index (χ1n) is 6.62. The van der Waals surface area contributed by atoms with Crippen molar-refractivity contribution in [1.29, 1.82) is 0 Å². The lowest BCUT2D eigenvalue weighted by atomic mass is 9.87. The second kappa shape index (κ2) is 5.94. The first kappa shape index (κ1) is 15.0. The highest BCUT2D eigenvalue weighted by molar-refractivity contribution is 9.10. The second-order valence-corrected chi connectivity index (χ2v) is 8.44. The maximum Gasteiger partial charge on any atom is 0.182 e. The Kier molecular flexibility index (Phi) is 4.69. The van der Waals surface area contributed by atoms with E-state index in [0.717, 1.165) is 23.7 Å². The molecule has 1 saturated carbocycles. The third kappa shape index (κ3) is 3.20. The van der Waals surface area contributed by atoms with Crippen LogP contribution in [0.25, 0.3) is 0 Å². The quantitative estimate of drug-likeness (QED) is 0.915. The Morgan fingerprint density at radius 3 is 2.68 bits per heavy atom. The van der Waals surface area contributed by atoms with Gasteiger partial charge in [0, 0.05) is 10.5 Å². The predicted octanol–water partition coefficient (Wildman–Crippen LogP) is 3.00. The van der Waals surface area contributed by atoms with E-state index in [1.165, 1.54) is 0 Å². The monoisotopic (exact) mass is 345 g/mol. The van der Waals surface area contributed by atoms with Gasteiger partial charge in [-0.1, -0.05) is 28.9 Å².